The van der Waals surface area contributed by atoms with Gasteiger partial charge >= 0.3 is 0 Å². The third-order valence-corrected chi connectivity index (χ3v) is 5.83. The number of hydrogen-bond donors (Lipinski definition) is 0. The largest absolute Gasteiger partial charge is 0.487 e. The monoisotopic (exact) mass is 383 g/mol. The maximum atomic E-state index is 5.92. The number of oxazole rings is 1. The Morgan fingerprint density at radius 3 is 2.85 bits per heavy atom. The van der Waals surface area contributed by atoms with Gasteiger partial charge < -0.3 is 14.1 Å². The first-order chi connectivity index (χ1) is 13.2. The molecule has 1 fully saturated rings. The lowest BCUT2D eigenvalue weighted by molar-refractivity contribution is 0.271. The van der Waals surface area contributed by atoms with E-state index in [2.05, 4.69) is 16.8 Å². The van der Waals surface area contributed by atoms with E-state index in [-0.39, 0.29) is 0 Å². The molecule has 1 saturated heterocycles. The summed E-state index contributed by atoms with van der Waals surface area (Å²) in [4.78, 5) is 11.5. The molecule has 0 aliphatic carbocycles. The van der Waals surface area contributed by atoms with E-state index in [0.717, 1.165) is 41.4 Å². The second-order valence-corrected chi connectivity index (χ2v) is 7.81. The highest BCUT2D eigenvalue weighted by molar-refractivity contribution is 7.07. The van der Waals surface area contributed by atoms with Crippen molar-refractivity contribution in [3.63, 3.8) is 0 Å². The molecule has 3 aromatic rings. The van der Waals surface area contributed by atoms with Crippen LogP contribution >= 0.6 is 11.3 Å². The zero-order chi connectivity index (χ0) is 18.6. The second-order valence-electron chi connectivity index (χ2n) is 7.09. The fourth-order valence-corrected chi connectivity index (χ4v) is 4.06. The smallest absolute Gasteiger partial charge is 0.226 e. The molecule has 0 amide bonds. The molecule has 0 spiro atoms. The molecule has 1 atom stereocenters. The van der Waals surface area contributed by atoms with Crippen molar-refractivity contribution in [3.05, 3.63) is 52.3 Å². The highest BCUT2D eigenvalue weighted by atomic mass is 32.1. The van der Waals surface area contributed by atoms with Gasteiger partial charge in [-0.05, 0) is 57.5 Å². The summed E-state index contributed by atoms with van der Waals surface area (Å²) in [6.07, 6.45) is 3.55. The molecule has 4 rings (SSSR count). The van der Waals surface area contributed by atoms with Gasteiger partial charge in [0.1, 0.15) is 18.1 Å². The van der Waals surface area contributed by atoms with Crippen LogP contribution in [-0.2, 0) is 13.0 Å². The van der Waals surface area contributed by atoms with Gasteiger partial charge in [0.05, 0.1) is 16.9 Å². The van der Waals surface area contributed by atoms with Crippen LogP contribution in [0.2, 0.25) is 0 Å². The number of aryl methyl sites for hydroxylation is 1. The number of benzene rings is 1. The van der Waals surface area contributed by atoms with Crippen molar-refractivity contribution in [3.8, 4) is 17.2 Å². The number of ether oxygens (including phenoxy) is 1. The minimum atomic E-state index is 0.486. The summed E-state index contributed by atoms with van der Waals surface area (Å²) >= 11 is 1.58. The molecular formula is C21H25N3O2S. The Labute approximate surface area is 164 Å². The van der Waals surface area contributed by atoms with E-state index in [1.807, 2.05) is 42.1 Å². The molecule has 27 heavy (non-hydrogen) atoms. The van der Waals surface area contributed by atoms with Crippen LogP contribution < -0.4 is 4.74 Å². The lowest BCUT2D eigenvalue weighted by Gasteiger charge is -2.20. The highest BCUT2D eigenvalue weighted by Crippen LogP contribution is 2.25. The van der Waals surface area contributed by atoms with Crippen LogP contribution in [0.15, 0.2) is 39.6 Å². The molecule has 1 aliphatic heterocycles. The Morgan fingerprint density at radius 1 is 1.30 bits per heavy atom. The molecule has 2 aromatic heterocycles. The summed E-state index contributed by atoms with van der Waals surface area (Å²) < 4.78 is 11.7. The van der Waals surface area contributed by atoms with Crippen molar-refractivity contribution >= 4 is 11.3 Å². The molecule has 5 nitrogen and oxygen atoms in total. The van der Waals surface area contributed by atoms with Gasteiger partial charge in [0, 0.05) is 30.0 Å². The second kappa shape index (κ2) is 8.23. The van der Waals surface area contributed by atoms with Gasteiger partial charge in [-0.1, -0.05) is 0 Å². The summed E-state index contributed by atoms with van der Waals surface area (Å²) in [5, 5.41) is 1.99. The van der Waals surface area contributed by atoms with Crippen LogP contribution in [-0.4, -0.2) is 34.0 Å². The van der Waals surface area contributed by atoms with Crippen molar-refractivity contribution in [1.82, 2.24) is 14.9 Å². The summed E-state index contributed by atoms with van der Waals surface area (Å²) in [5.74, 6) is 2.42. The topological polar surface area (TPSA) is 51.4 Å². The van der Waals surface area contributed by atoms with Crippen molar-refractivity contribution in [2.24, 2.45) is 0 Å². The fourth-order valence-electron chi connectivity index (χ4n) is 3.52. The maximum Gasteiger partial charge on any atom is 0.226 e. The first-order valence-corrected chi connectivity index (χ1v) is 10.4. The van der Waals surface area contributed by atoms with Crippen LogP contribution in [0.5, 0.6) is 5.75 Å². The van der Waals surface area contributed by atoms with Gasteiger partial charge in [0.2, 0.25) is 5.89 Å². The van der Waals surface area contributed by atoms with E-state index in [1.165, 1.54) is 19.4 Å². The van der Waals surface area contributed by atoms with E-state index in [0.29, 0.717) is 18.5 Å². The van der Waals surface area contributed by atoms with Gasteiger partial charge in [0.25, 0.3) is 0 Å². The Morgan fingerprint density at radius 2 is 2.15 bits per heavy atom. The molecule has 0 N–H and O–H groups in total. The lowest BCUT2D eigenvalue weighted by atomic mass is 10.2. The number of likely N-dealkylation sites (tertiary alicyclic amines) is 1. The Kier molecular flexibility index (Phi) is 5.55. The minimum Gasteiger partial charge on any atom is -0.487 e. The number of aromatic nitrogens is 2. The first-order valence-electron chi connectivity index (χ1n) is 9.49. The molecule has 0 radical (unpaired) electrons. The molecule has 1 aromatic carbocycles. The SMILES string of the molecule is Cc1oc(-c2ccc(OCc3cscn3)cc2)nc1CCN1CCC[C@H]1C. The van der Waals surface area contributed by atoms with Crippen LogP contribution in [0.3, 0.4) is 0 Å². The normalized spacial score (nSPS) is 17.5. The third kappa shape index (κ3) is 4.39. The lowest BCUT2D eigenvalue weighted by Crippen LogP contribution is -2.29. The van der Waals surface area contributed by atoms with Crippen LogP contribution in [0.1, 0.15) is 36.9 Å². The first kappa shape index (κ1) is 18.2. The molecule has 3 heterocycles. The third-order valence-electron chi connectivity index (χ3n) is 5.19. The van der Waals surface area contributed by atoms with Crippen LogP contribution in [0, 0.1) is 6.92 Å². The average Bonchev–Trinajstić information content (AvgIpc) is 3.41. The zero-order valence-corrected chi connectivity index (χ0v) is 16.7. The molecule has 1 aliphatic rings. The predicted molar refractivity (Wildman–Crippen MR) is 107 cm³/mol. The highest BCUT2D eigenvalue weighted by Gasteiger charge is 2.21. The van der Waals surface area contributed by atoms with E-state index < -0.39 is 0 Å². The summed E-state index contributed by atoms with van der Waals surface area (Å²) in [6, 6.07) is 8.58. The van der Waals surface area contributed by atoms with Gasteiger partial charge in [0.15, 0.2) is 0 Å². The van der Waals surface area contributed by atoms with Crippen LogP contribution in [0.4, 0.5) is 0 Å². The summed E-state index contributed by atoms with van der Waals surface area (Å²) in [5.41, 5.74) is 4.80. The van der Waals surface area contributed by atoms with Gasteiger partial charge in [-0.2, -0.15) is 0 Å². The van der Waals surface area contributed by atoms with E-state index in [9.17, 15) is 0 Å². The Bertz CT molecular complexity index is 858. The average molecular weight is 384 g/mol. The zero-order valence-electron chi connectivity index (χ0n) is 15.9. The van der Waals surface area contributed by atoms with Gasteiger partial charge in [-0.3, -0.25) is 0 Å². The minimum absolute atomic E-state index is 0.486. The van der Waals surface area contributed by atoms with Crippen LogP contribution in [0.25, 0.3) is 11.5 Å². The molecule has 142 valence electrons. The standard InChI is InChI=1S/C21H25N3O2S/c1-15-4-3-10-24(15)11-9-20-16(2)26-21(23-20)17-5-7-19(8-6-17)25-12-18-13-27-14-22-18/h5-8,13-15H,3-4,9-12H2,1-2H3/t15-/m1/s1. The number of rotatable bonds is 7. The number of hydrogen-bond acceptors (Lipinski definition) is 6. The van der Waals surface area contributed by atoms with E-state index >= 15 is 0 Å². The molecule has 0 bridgehead atoms. The Balaban J connectivity index is 1.38. The van der Waals surface area contributed by atoms with Gasteiger partial charge in [-0.15, -0.1) is 11.3 Å². The summed E-state index contributed by atoms with van der Waals surface area (Å²) in [7, 11) is 0. The van der Waals surface area contributed by atoms with Gasteiger partial charge in [-0.25, -0.2) is 9.97 Å². The molecule has 0 unspecified atom stereocenters. The quantitative estimate of drug-likeness (QED) is 0.591. The van der Waals surface area contributed by atoms with E-state index in [1.54, 1.807) is 11.3 Å². The molecule has 0 saturated carbocycles. The van der Waals surface area contributed by atoms with Crippen molar-refractivity contribution in [1.29, 1.82) is 0 Å². The predicted octanol–water partition coefficient (Wildman–Crippen LogP) is 4.71. The fraction of sp³-hybridized carbons (Fsp3) is 0.429. The number of thiazole rings is 1. The Hall–Kier alpha value is -2.18. The summed E-state index contributed by atoms with van der Waals surface area (Å²) in [6.45, 7) is 7.06. The maximum absolute atomic E-state index is 5.92. The number of nitrogens with zero attached hydrogens (tertiary/aromatic N) is 3. The van der Waals surface area contributed by atoms with E-state index in [4.69, 9.17) is 14.1 Å². The van der Waals surface area contributed by atoms with Crippen molar-refractivity contribution in [2.45, 2.75) is 45.8 Å². The molecule has 6 heteroatoms. The molecular weight excluding hydrogens is 358 g/mol. The van der Waals surface area contributed by atoms with Crippen molar-refractivity contribution < 1.29 is 9.15 Å². The van der Waals surface area contributed by atoms with Crippen molar-refractivity contribution in [2.75, 3.05) is 13.1 Å².